The summed E-state index contributed by atoms with van der Waals surface area (Å²) < 4.78 is 0. The van der Waals surface area contributed by atoms with E-state index in [0.717, 1.165) is 13.8 Å². The number of phenolic OH excluding ortho intramolecular Hbond substituents is 2. The topological polar surface area (TPSA) is 606 Å². The molecule has 0 spiro atoms. The summed E-state index contributed by atoms with van der Waals surface area (Å²) in [6, 6.07) is -8.91. The number of benzene rings is 2. The number of nitrogens with one attached hydrogen (secondary N) is 13. The fraction of sp³-hybridized carbons (Fsp3) is 0.627. The van der Waals surface area contributed by atoms with E-state index >= 15 is 0 Å². The first-order chi connectivity index (χ1) is 52.9. The highest BCUT2D eigenvalue weighted by atomic mass is 16.4. The first-order valence-electron chi connectivity index (χ1n) is 37.9. The largest absolute Gasteiger partial charge is 0.508 e. The maximum absolute atomic E-state index is 14.6. The van der Waals surface area contributed by atoms with E-state index in [2.05, 4.69) is 69.1 Å². The molecule has 38 nitrogen and oxygen atoms in total. The number of carbonyl (C=O) groups is 16. The summed E-state index contributed by atoms with van der Waals surface area (Å²) in [6.45, 7) is 18.8. The molecule has 14 amide bonds. The lowest BCUT2D eigenvalue weighted by Gasteiger charge is -2.31. The molecule has 2 aromatic rings. The number of aliphatic carboxylic acids is 2. The molecule has 1 fully saturated rings. The van der Waals surface area contributed by atoms with Crippen LogP contribution in [-0.2, 0) is 89.6 Å². The Morgan fingerprint density at radius 2 is 0.876 bits per heavy atom. The van der Waals surface area contributed by atoms with Crippen LogP contribution in [0.1, 0.15) is 153 Å². The number of nitrogens with two attached hydrogens (primary N) is 2. The molecule has 2 aromatic carbocycles. The van der Waals surface area contributed by atoms with Crippen LogP contribution in [0.5, 0.6) is 11.5 Å². The zero-order valence-electron chi connectivity index (χ0n) is 66.4. The van der Waals surface area contributed by atoms with Crippen molar-refractivity contribution in [1.82, 2.24) is 74.0 Å². The minimum Gasteiger partial charge on any atom is -0.508 e. The van der Waals surface area contributed by atoms with Gasteiger partial charge in [-0.15, -0.1) is 0 Å². The van der Waals surface area contributed by atoms with Crippen molar-refractivity contribution in [3.05, 3.63) is 59.7 Å². The number of aliphatic hydroxyl groups excluding tert-OH is 2. The SMILES string of the molecule is CC[C@H](C)[C@H](NC(=O)[C@@H](NC(=O)[C@H](Cc1ccc(O)cc1)NC(=O)[C@H](CC(=O)O)NC(=O)[C@@H](NC(=O)CNC(=O)[C@@H]1CCCN1C(=O)[C@H](CCCCN)NC(=O)[C@H](CC(C)C)NC(=O)CN)C(C)C)[C@@H](C)O)C(=O)N[C@H](C(=O)N[C@H](C(=O)N[C@@H](Cc1ccc(O)cc1)C(=O)N[C@@H](C)C(=O)N[C@H](C(=O)O)C(C)C)C(C)C)[C@@H](C)O. The number of carboxylic acids is 2. The summed E-state index contributed by atoms with van der Waals surface area (Å²) in [4.78, 5) is 221. The molecule has 630 valence electrons. The number of carbonyl (C=O) groups excluding carboxylic acids is 14. The van der Waals surface area contributed by atoms with E-state index in [-0.39, 0.29) is 68.2 Å². The molecule has 0 aliphatic carbocycles. The standard InChI is InChI=1S/C75H118N16O22/c1-14-40(10)60(71(108)90-62(43(13)93)72(109)86-58(38(6)7)70(107)83-50(31-44-20-24-46(94)25-21-44)64(101)79-41(11)63(100)87-59(39(8)9)75(112)113)88-73(110)61(42(12)92)89-67(104)51(32-45-22-26-47(95)27-23-45)82-66(103)52(33-56(98)99)84-69(106)57(37(4)5)85-55(97)35-78-68(105)53-19-17-29-91(53)74(111)48(18-15-16-28-76)81-65(102)49(30-36(2)3)80-54(96)34-77/h20-27,36-43,48-53,57-62,92-95H,14-19,28-35,76-77H2,1-13H3,(H,78,105)(H,79,101)(H,80,96)(H,81,102)(H,82,103)(H,83,107)(H,84,106)(H,85,97)(H,86,109)(H,87,100)(H,88,110)(H,89,104)(H,90,108)(H,98,99)(H,112,113)/t40-,41-,42+,43+,48-,49-,50-,51-,52-,53-,57-,58-,59-,60-,61-,62-/m0/s1. The van der Waals surface area contributed by atoms with Crippen molar-refractivity contribution in [2.45, 2.75) is 245 Å². The summed E-state index contributed by atoms with van der Waals surface area (Å²) in [5, 5.41) is 94.0. The van der Waals surface area contributed by atoms with Gasteiger partial charge in [-0.2, -0.15) is 0 Å². The Morgan fingerprint density at radius 3 is 1.34 bits per heavy atom. The second kappa shape index (κ2) is 47.0. The van der Waals surface area contributed by atoms with Crippen LogP contribution in [0.4, 0.5) is 0 Å². The lowest BCUT2D eigenvalue weighted by atomic mass is 9.96. The Labute approximate surface area is 656 Å². The molecule has 0 aromatic heterocycles. The molecular weight excluding hydrogens is 1480 g/mol. The summed E-state index contributed by atoms with van der Waals surface area (Å²) >= 11 is 0. The van der Waals surface area contributed by atoms with Crippen molar-refractivity contribution in [3.63, 3.8) is 0 Å². The van der Waals surface area contributed by atoms with Crippen LogP contribution in [0, 0.1) is 29.6 Å². The van der Waals surface area contributed by atoms with Gasteiger partial charge in [0.25, 0.3) is 0 Å². The maximum atomic E-state index is 14.6. The lowest BCUT2D eigenvalue weighted by molar-refractivity contribution is -0.143. The zero-order chi connectivity index (χ0) is 85.4. The molecule has 113 heavy (non-hydrogen) atoms. The molecule has 1 aliphatic heterocycles. The monoisotopic (exact) mass is 1590 g/mol. The van der Waals surface area contributed by atoms with Crippen LogP contribution < -0.4 is 80.6 Å². The molecule has 16 atom stereocenters. The Hall–Kier alpha value is -10.6. The van der Waals surface area contributed by atoms with E-state index in [4.69, 9.17) is 11.5 Å². The number of aliphatic hydroxyl groups is 2. The predicted molar refractivity (Wildman–Crippen MR) is 409 cm³/mol. The van der Waals surface area contributed by atoms with E-state index in [9.17, 15) is 107 Å². The number of nitrogens with zero attached hydrogens (tertiary/aromatic N) is 1. The molecular formula is C75H118N16O22. The maximum Gasteiger partial charge on any atom is 0.326 e. The number of rotatable bonds is 47. The molecule has 38 heteroatoms. The van der Waals surface area contributed by atoms with Gasteiger partial charge in [0.05, 0.1) is 31.7 Å². The predicted octanol–water partition coefficient (Wildman–Crippen LogP) is -3.70. The number of phenols is 2. The van der Waals surface area contributed by atoms with Crippen molar-refractivity contribution >= 4 is 94.6 Å². The fourth-order valence-corrected chi connectivity index (χ4v) is 12.1. The van der Waals surface area contributed by atoms with E-state index in [1.165, 1.54) is 95.0 Å². The highest BCUT2D eigenvalue weighted by molar-refractivity contribution is 6.01. The second-order valence-corrected chi connectivity index (χ2v) is 29.9. The molecule has 0 bridgehead atoms. The van der Waals surface area contributed by atoms with Gasteiger partial charge in [-0.3, -0.25) is 71.9 Å². The van der Waals surface area contributed by atoms with Crippen molar-refractivity contribution in [2.24, 2.45) is 41.1 Å². The number of carboxylic acid groups (broad SMARTS) is 2. The third-order valence-corrected chi connectivity index (χ3v) is 18.8. The smallest absolute Gasteiger partial charge is 0.326 e. The average Bonchev–Trinajstić information content (AvgIpc) is 1.81. The van der Waals surface area contributed by atoms with Gasteiger partial charge in [0.2, 0.25) is 82.7 Å². The number of hydrogen-bond donors (Lipinski definition) is 21. The average molecular weight is 1600 g/mol. The molecule has 3 rings (SSSR count). The van der Waals surface area contributed by atoms with Gasteiger partial charge < -0.3 is 116 Å². The highest BCUT2D eigenvalue weighted by Gasteiger charge is 2.42. The molecule has 0 saturated carbocycles. The summed E-state index contributed by atoms with van der Waals surface area (Å²) in [5.74, 6) is -19.5. The van der Waals surface area contributed by atoms with E-state index in [0.29, 0.717) is 31.4 Å². The Balaban J connectivity index is 1.86. The number of likely N-dealkylation sites (tertiary alicyclic amines) is 1. The summed E-state index contributed by atoms with van der Waals surface area (Å²) in [6.07, 6.45) is -3.35. The number of unbranched alkanes of at least 4 members (excludes halogenated alkanes) is 1. The van der Waals surface area contributed by atoms with Crippen LogP contribution in [0.15, 0.2) is 48.5 Å². The van der Waals surface area contributed by atoms with Gasteiger partial charge in [-0.05, 0) is 131 Å². The van der Waals surface area contributed by atoms with Gasteiger partial charge in [-0.1, -0.05) is 99.9 Å². The Kier molecular flexibility index (Phi) is 40.2. The molecule has 1 saturated heterocycles. The van der Waals surface area contributed by atoms with Crippen LogP contribution in [0.3, 0.4) is 0 Å². The van der Waals surface area contributed by atoms with E-state index < -0.39 is 228 Å². The van der Waals surface area contributed by atoms with Gasteiger partial charge in [0, 0.05) is 19.4 Å². The van der Waals surface area contributed by atoms with Crippen LogP contribution in [0.2, 0.25) is 0 Å². The number of hydrogen-bond acceptors (Lipinski definition) is 22. The molecule has 0 radical (unpaired) electrons. The second-order valence-electron chi connectivity index (χ2n) is 29.9. The van der Waals surface area contributed by atoms with Crippen LogP contribution in [0.25, 0.3) is 0 Å². The Morgan fingerprint density at radius 1 is 0.460 bits per heavy atom. The van der Waals surface area contributed by atoms with Gasteiger partial charge >= 0.3 is 11.9 Å². The normalized spacial score (nSPS) is 16.7. The first kappa shape index (κ1) is 96.6. The Bertz CT molecular complexity index is 3600. The van der Waals surface area contributed by atoms with Crippen molar-refractivity contribution in [2.75, 3.05) is 26.2 Å². The molecule has 0 unspecified atom stereocenters. The quantitative estimate of drug-likeness (QED) is 0.0284. The third kappa shape index (κ3) is 31.8. The van der Waals surface area contributed by atoms with Crippen molar-refractivity contribution in [1.29, 1.82) is 0 Å². The van der Waals surface area contributed by atoms with Crippen molar-refractivity contribution in [3.8, 4) is 11.5 Å². The van der Waals surface area contributed by atoms with Gasteiger partial charge in [0.1, 0.15) is 90.0 Å². The number of amides is 14. The van der Waals surface area contributed by atoms with E-state index in [1.807, 2.05) is 13.8 Å². The highest BCUT2D eigenvalue weighted by Crippen LogP contribution is 2.22. The minimum atomic E-state index is -2.00. The lowest BCUT2D eigenvalue weighted by Crippen LogP contribution is -2.64. The fourth-order valence-electron chi connectivity index (χ4n) is 12.1. The third-order valence-electron chi connectivity index (χ3n) is 18.8. The molecule has 1 heterocycles. The minimum absolute atomic E-state index is 0.0463. The van der Waals surface area contributed by atoms with Crippen LogP contribution >= 0.6 is 0 Å². The van der Waals surface area contributed by atoms with E-state index in [1.54, 1.807) is 20.8 Å². The molecule has 1 aliphatic rings. The zero-order valence-corrected chi connectivity index (χ0v) is 66.4. The van der Waals surface area contributed by atoms with Gasteiger partial charge in [0.15, 0.2) is 0 Å². The van der Waals surface area contributed by atoms with Crippen LogP contribution in [-0.4, -0.2) is 247 Å². The summed E-state index contributed by atoms with van der Waals surface area (Å²) in [5.41, 5.74) is 11.9. The first-order valence-corrected chi connectivity index (χ1v) is 37.9. The van der Waals surface area contributed by atoms with Gasteiger partial charge in [-0.25, -0.2) is 4.79 Å². The summed E-state index contributed by atoms with van der Waals surface area (Å²) in [7, 11) is 0. The number of aromatic hydroxyl groups is 2. The van der Waals surface area contributed by atoms with Crippen molar-refractivity contribution < 1.29 is 107 Å². The molecule has 23 N–H and O–H groups in total.